The number of hydrogen-bond donors (Lipinski definition) is 2. The minimum Gasteiger partial charge on any atom is -0.370 e. The Bertz CT molecular complexity index is 1520. The normalized spacial score (nSPS) is 21.8. The molecule has 1 spiro atoms. The fourth-order valence-electron chi connectivity index (χ4n) is 7.42. The van der Waals surface area contributed by atoms with Gasteiger partial charge >= 0.3 is 0 Å². The number of aromatic nitrogens is 2. The zero-order chi connectivity index (χ0) is 28.9. The molecule has 3 aromatic rings. The van der Waals surface area contributed by atoms with Gasteiger partial charge in [0.05, 0.1) is 11.9 Å². The molecule has 3 fully saturated rings. The third kappa shape index (κ3) is 5.68. The van der Waals surface area contributed by atoms with Crippen LogP contribution in [-0.4, -0.2) is 60.4 Å². The Morgan fingerprint density at radius 1 is 0.952 bits per heavy atom. The minimum absolute atomic E-state index is 0.419. The van der Waals surface area contributed by atoms with Crippen molar-refractivity contribution in [2.75, 3.05) is 55.0 Å². The van der Waals surface area contributed by atoms with E-state index >= 15 is 0 Å². The van der Waals surface area contributed by atoms with Crippen molar-refractivity contribution in [2.45, 2.75) is 63.8 Å². The van der Waals surface area contributed by atoms with Crippen LogP contribution >= 0.6 is 18.7 Å². The van der Waals surface area contributed by atoms with Gasteiger partial charge in [-0.15, -0.1) is 0 Å². The molecular weight excluding hydrogens is 563 g/mol. The first-order valence-electron chi connectivity index (χ1n) is 15.6. The Morgan fingerprint density at radius 2 is 1.71 bits per heavy atom. The summed E-state index contributed by atoms with van der Waals surface area (Å²) in [4.78, 5) is 14.3. The van der Waals surface area contributed by atoms with E-state index in [-0.39, 0.29) is 0 Å². The zero-order valence-corrected chi connectivity index (χ0v) is 26.5. The molecule has 1 aromatic heterocycles. The smallest absolute Gasteiger partial charge is 0.229 e. The molecule has 9 heteroatoms. The number of fused-ring (bicyclic) bond motifs is 1. The van der Waals surface area contributed by atoms with Crippen LogP contribution in [0.15, 0.2) is 42.6 Å². The summed E-state index contributed by atoms with van der Waals surface area (Å²) in [6.07, 6.45) is 13.0. The molecule has 7 rings (SSSR count). The van der Waals surface area contributed by atoms with Crippen LogP contribution in [0.1, 0.15) is 56.1 Å². The van der Waals surface area contributed by atoms with Gasteiger partial charge in [0, 0.05) is 41.2 Å². The van der Waals surface area contributed by atoms with Gasteiger partial charge in [-0.3, -0.25) is 0 Å². The second-order valence-corrected chi connectivity index (χ2v) is 17.0. The first kappa shape index (κ1) is 28.2. The summed E-state index contributed by atoms with van der Waals surface area (Å²) >= 11 is 6.57. The maximum Gasteiger partial charge on any atom is 0.229 e. The highest BCUT2D eigenvalue weighted by molar-refractivity contribution is 7.70. The predicted molar refractivity (Wildman–Crippen MR) is 175 cm³/mol. The summed E-state index contributed by atoms with van der Waals surface area (Å²) in [7, 11) is -2.57. The Labute approximate surface area is 254 Å². The molecule has 4 aliphatic rings. The van der Waals surface area contributed by atoms with E-state index < -0.39 is 7.14 Å². The maximum atomic E-state index is 13.4. The number of rotatable bonds is 7. The van der Waals surface area contributed by atoms with Crippen LogP contribution in [0.4, 0.5) is 28.8 Å². The number of hydrogen-bond acceptors (Lipinski definition) is 7. The molecule has 3 heterocycles. The van der Waals surface area contributed by atoms with E-state index in [9.17, 15) is 4.57 Å². The molecule has 0 radical (unpaired) electrons. The van der Waals surface area contributed by atoms with Crippen LogP contribution in [0.2, 0.25) is 5.02 Å². The lowest BCUT2D eigenvalue weighted by atomic mass is 9.63. The first-order chi connectivity index (χ1) is 20.2. The number of halogens is 1. The number of aryl methyl sites for hydroxylation is 2. The van der Waals surface area contributed by atoms with Gasteiger partial charge in [0.25, 0.3) is 0 Å². The van der Waals surface area contributed by atoms with Crippen LogP contribution in [0.3, 0.4) is 0 Å². The predicted octanol–water partition coefficient (Wildman–Crippen LogP) is 7.20. The number of anilines is 5. The Balaban J connectivity index is 1.07. The number of nitrogens with one attached hydrogen (secondary N) is 2. The van der Waals surface area contributed by atoms with E-state index in [0.717, 1.165) is 48.3 Å². The highest BCUT2D eigenvalue weighted by Crippen LogP contribution is 2.50. The zero-order valence-electron chi connectivity index (χ0n) is 24.8. The third-order valence-electron chi connectivity index (χ3n) is 10.0. The van der Waals surface area contributed by atoms with Crippen molar-refractivity contribution >= 4 is 52.9 Å². The molecule has 2 saturated heterocycles. The van der Waals surface area contributed by atoms with Crippen molar-refractivity contribution in [3.8, 4) is 0 Å². The van der Waals surface area contributed by atoms with Crippen molar-refractivity contribution < 1.29 is 4.57 Å². The molecule has 1 atom stereocenters. The van der Waals surface area contributed by atoms with Crippen molar-refractivity contribution in [2.24, 2.45) is 5.41 Å². The lowest BCUT2D eigenvalue weighted by Crippen LogP contribution is -2.59. The first-order valence-corrected chi connectivity index (χ1v) is 18.6. The molecule has 0 unspecified atom stereocenters. The van der Waals surface area contributed by atoms with Gasteiger partial charge in [0.2, 0.25) is 5.95 Å². The molecule has 2 aromatic carbocycles. The van der Waals surface area contributed by atoms with Gasteiger partial charge in [-0.05, 0) is 119 Å². The van der Waals surface area contributed by atoms with E-state index in [1.54, 1.807) is 6.20 Å². The van der Waals surface area contributed by atoms with Gasteiger partial charge in [-0.25, -0.2) is 4.98 Å². The summed E-state index contributed by atoms with van der Waals surface area (Å²) in [6, 6.07) is 13.6. The van der Waals surface area contributed by atoms with Crippen LogP contribution in [0, 0.1) is 5.41 Å². The van der Waals surface area contributed by atoms with Crippen LogP contribution in [-0.2, 0) is 17.4 Å². The molecule has 0 amide bonds. The summed E-state index contributed by atoms with van der Waals surface area (Å²) in [5, 5.41) is 8.02. The molecule has 7 nitrogen and oxygen atoms in total. The molecule has 2 aliphatic carbocycles. The van der Waals surface area contributed by atoms with Crippen LogP contribution in [0.25, 0.3) is 0 Å². The van der Waals surface area contributed by atoms with Gasteiger partial charge in [-0.2, -0.15) is 4.98 Å². The number of nitrogens with zero attached hydrogens (tertiary/aromatic N) is 4. The fourth-order valence-corrected chi connectivity index (χ4v) is 8.71. The van der Waals surface area contributed by atoms with E-state index in [1.807, 2.05) is 19.4 Å². The molecule has 0 bridgehead atoms. The molecule has 2 aliphatic heterocycles. The summed E-state index contributed by atoms with van der Waals surface area (Å²) < 4.78 is 13.4. The largest absolute Gasteiger partial charge is 0.370 e. The second-order valence-electron chi connectivity index (χ2n) is 13.4. The van der Waals surface area contributed by atoms with E-state index in [4.69, 9.17) is 16.6 Å². The van der Waals surface area contributed by atoms with Crippen molar-refractivity contribution in [3.05, 3.63) is 58.7 Å². The van der Waals surface area contributed by atoms with Gasteiger partial charge < -0.3 is 25.0 Å². The molecular formula is C33H42ClN6OP. The Hall–Kier alpha value is -2.60. The van der Waals surface area contributed by atoms with Crippen LogP contribution in [0.5, 0.6) is 0 Å². The van der Waals surface area contributed by atoms with E-state index in [2.05, 4.69) is 55.7 Å². The Morgan fingerprint density at radius 3 is 2.43 bits per heavy atom. The number of benzene rings is 2. The highest BCUT2D eigenvalue weighted by atomic mass is 35.5. The highest BCUT2D eigenvalue weighted by Gasteiger charge is 2.47. The van der Waals surface area contributed by atoms with Gasteiger partial charge in [0.1, 0.15) is 12.2 Å². The summed E-state index contributed by atoms with van der Waals surface area (Å²) in [5.74, 6) is 0.975. The topological polar surface area (TPSA) is 73.4 Å². The number of likely N-dealkylation sites (tertiary alicyclic amines) is 1. The average Bonchev–Trinajstić information content (AvgIpc) is 3.37. The molecule has 42 heavy (non-hydrogen) atoms. The van der Waals surface area contributed by atoms with Crippen molar-refractivity contribution in [1.82, 2.24) is 14.9 Å². The molecule has 2 N–H and O–H groups in total. The molecule has 1 saturated carbocycles. The standard InChI is InChI=1S/C33H42ClN6OP/c1-42(2,41)30-19-27(40-21-33(22-40)14-5-15-33)12-13-29(30)37-31-28(34)20-35-32(38-31)36-25-9-6-23-7-10-26(11-8-24(23)18-25)39-16-3-4-17-39/h6,9,12-13,18-20,26H,3-5,7-8,10-11,14-17,21-22H2,1-2H3,(H2,35,36,37,38)/t26-/m0/s1. The summed E-state index contributed by atoms with van der Waals surface area (Å²) in [5.41, 5.74) is 6.31. The Kier molecular flexibility index (Phi) is 7.48. The van der Waals surface area contributed by atoms with E-state index in [1.165, 1.54) is 69.2 Å². The average molecular weight is 605 g/mol. The SMILES string of the molecule is CP(C)(=O)c1cc(N2CC3(CCC3)C2)ccc1Nc1nc(Nc2ccc3c(c2)CC[C@@H](N2CCCC2)CC3)ncc1Cl. The van der Waals surface area contributed by atoms with Crippen molar-refractivity contribution in [1.29, 1.82) is 0 Å². The maximum absolute atomic E-state index is 13.4. The minimum atomic E-state index is -2.57. The van der Waals surface area contributed by atoms with Crippen LogP contribution < -0.4 is 20.8 Å². The quantitative estimate of drug-likeness (QED) is 0.218. The van der Waals surface area contributed by atoms with E-state index in [0.29, 0.717) is 28.2 Å². The van der Waals surface area contributed by atoms with Gasteiger partial charge in [0.15, 0.2) is 5.82 Å². The van der Waals surface area contributed by atoms with Crippen molar-refractivity contribution in [3.63, 3.8) is 0 Å². The lowest BCUT2D eigenvalue weighted by molar-refractivity contribution is 0.0904. The molecule has 222 valence electrons. The second kappa shape index (κ2) is 11.2. The van der Waals surface area contributed by atoms with Gasteiger partial charge in [-0.1, -0.05) is 24.1 Å². The summed E-state index contributed by atoms with van der Waals surface area (Å²) in [6.45, 7) is 8.37. The third-order valence-corrected chi connectivity index (χ3v) is 11.8. The lowest BCUT2D eigenvalue weighted by Gasteiger charge is -2.57. The fraction of sp³-hybridized carbons (Fsp3) is 0.515. The monoisotopic (exact) mass is 604 g/mol.